The first-order valence-electron chi connectivity index (χ1n) is 2.61. The lowest BCUT2D eigenvalue weighted by atomic mass is 11.0. The summed E-state index contributed by atoms with van der Waals surface area (Å²) in [6, 6.07) is 1.25. The summed E-state index contributed by atoms with van der Waals surface area (Å²) in [6.07, 6.45) is 0. The van der Waals surface area contributed by atoms with Crippen molar-refractivity contribution in [3.8, 4) is 0 Å². The first-order chi connectivity index (χ1) is 5.60. The molecule has 1 heterocycles. The zero-order chi connectivity index (χ0) is 9.56. The Morgan fingerprint density at radius 1 is 0.833 bits per heavy atom. The maximum absolute atomic E-state index is 10.2. The molecular formula is C4H5N5O3. The number of rotatable bonds is 0. The quantitative estimate of drug-likeness (QED) is 0.289. The van der Waals surface area contributed by atoms with Crippen molar-refractivity contribution in [2.45, 2.75) is 0 Å². The first kappa shape index (κ1) is 9.79. The van der Waals surface area contributed by atoms with Gasteiger partial charge >= 0.3 is 17.1 Å². The van der Waals surface area contributed by atoms with Crippen LogP contribution in [0.25, 0.3) is 0 Å². The zero-order valence-electron chi connectivity index (χ0n) is 5.72. The third-order valence-corrected chi connectivity index (χ3v) is 0.681. The van der Waals surface area contributed by atoms with Crippen molar-refractivity contribution in [3.05, 3.63) is 31.5 Å². The Morgan fingerprint density at radius 2 is 1.00 bits per heavy atom. The van der Waals surface area contributed by atoms with Gasteiger partial charge in [-0.15, -0.1) is 0 Å². The van der Waals surface area contributed by atoms with Crippen LogP contribution in [-0.4, -0.2) is 21.0 Å². The number of hydrogen-bond acceptors (Lipinski definition) is 5. The van der Waals surface area contributed by atoms with Gasteiger partial charge in [0.15, 0.2) is 0 Å². The molecule has 8 heteroatoms. The summed E-state index contributed by atoms with van der Waals surface area (Å²) in [5, 5.41) is 11.2. The lowest BCUT2D eigenvalue weighted by Gasteiger charge is -1.77. The fourth-order valence-electron chi connectivity index (χ4n) is 0.403. The molecule has 0 radical (unpaired) electrons. The van der Waals surface area contributed by atoms with E-state index in [0.29, 0.717) is 0 Å². The Bertz CT molecular complexity index is 352. The molecule has 1 rings (SSSR count). The predicted octanol–water partition coefficient (Wildman–Crippen LogP) is -1.93. The maximum atomic E-state index is 10.2. The van der Waals surface area contributed by atoms with Gasteiger partial charge in [-0.1, -0.05) is 0 Å². The number of H-pyrrole nitrogens is 3. The summed E-state index contributed by atoms with van der Waals surface area (Å²) in [4.78, 5) is 35.9. The summed E-state index contributed by atoms with van der Waals surface area (Å²) in [5.41, 5.74) is -2.41. The van der Waals surface area contributed by atoms with E-state index in [1.165, 1.54) is 6.01 Å². The van der Waals surface area contributed by atoms with Gasteiger partial charge in [-0.2, -0.15) is 0 Å². The van der Waals surface area contributed by atoms with Crippen LogP contribution < -0.4 is 17.1 Å². The van der Waals surface area contributed by atoms with Crippen molar-refractivity contribution in [3.63, 3.8) is 0 Å². The average Bonchev–Trinajstić information content (AvgIpc) is 1.84. The summed E-state index contributed by atoms with van der Waals surface area (Å²) in [7, 11) is 0. The Hall–Kier alpha value is -2.21. The van der Waals surface area contributed by atoms with Crippen LogP contribution in [0, 0.1) is 10.8 Å². The van der Waals surface area contributed by atoms with Crippen LogP contribution in [0.3, 0.4) is 0 Å². The van der Waals surface area contributed by atoms with E-state index in [9.17, 15) is 14.4 Å². The maximum Gasteiger partial charge on any atom is 0.330 e. The standard InChI is InChI=1S/C3H3N3O3.CH2N2/c7-1-4-2(8)6-3(9)5-1;2-1-3/h(H3,4,5,6,7,8,9);2-3H. The van der Waals surface area contributed by atoms with Crippen molar-refractivity contribution < 1.29 is 0 Å². The molecule has 0 amide bonds. The van der Waals surface area contributed by atoms with E-state index in [0.717, 1.165) is 0 Å². The number of aromatic amines is 3. The molecule has 1 aromatic heterocycles. The molecule has 1 aromatic rings. The third kappa shape index (κ3) is 3.75. The minimum atomic E-state index is -0.802. The highest BCUT2D eigenvalue weighted by Crippen LogP contribution is 1.29. The molecule has 0 saturated heterocycles. The average molecular weight is 171 g/mol. The van der Waals surface area contributed by atoms with E-state index in [-0.39, 0.29) is 0 Å². The fourth-order valence-corrected chi connectivity index (χ4v) is 0.403. The Kier molecular flexibility index (Phi) is 3.74. The minimum absolute atomic E-state index is 0.802. The molecule has 0 unspecified atom stereocenters. The summed E-state index contributed by atoms with van der Waals surface area (Å²) in [6.45, 7) is 0. The molecule has 0 aliphatic heterocycles. The van der Waals surface area contributed by atoms with Gasteiger partial charge < -0.3 is 0 Å². The van der Waals surface area contributed by atoms with E-state index in [4.69, 9.17) is 10.8 Å². The molecule has 0 aliphatic carbocycles. The Morgan fingerprint density at radius 3 is 1.17 bits per heavy atom. The van der Waals surface area contributed by atoms with E-state index < -0.39 is 17.1 Å². The van der Waals surface area contributed by atoms with Crippen molar-refractivity contribution >= 4 is 6.01 Å². The summed E-state index contributed by atoms with van der Waals surface area (Å²) in [5.74, 6) is 0. The lowest BCUT2D eigenvalue weighted by molar-refractivity contribution is 0.888. The van der Waals surface area contributed by atoms with Crippen molar-refractivity contribution in [1.29, 1.82) is 10.8 Å². The highest BCUT2D eigenvalue weighted by molar-refractivity contribution is 5.29. The third-order valence-electron chi connectivity index (χ3n) is 0.681. The molecule has 8 nitrogen and oxygen atoms in total. The molecule has 0 atom stereocenters. The van der Waals surface area contributed by atoms with Crippen LogP contribution in [0.15, 0.2) is 14.4 Å². The second-order valence-corrected chi connectivity index (χ2v) is 1.49. The van der Waals surface area contributed by atoms with Gasteiger partial charge in [0.2, 0.25) is 0 Å². The lowest BCUT2D eigenvalue weighted by Crippen LogP contribution is -2.34. The van der Waals surface area contributed by atoms with Gasteiger partial charge in [-0.3, -0.25) is 15.0 Å². The summed E-state index contributed by atoms with van der Waals surface area (Å²) < 4.78 is 0. The second-order valence-electron chi connectivity index (χ2n) is 1.49. The van der Waals surface area contributed by atoms with Crippen LogP contribution >= 0.6 is 0 Å². The van der Waals surface area contributed by atoms with E-state index in [2.05, 4.69) is 0 Å². The van der Waals surface area contributed by atoms with Crippen LogP contribution in [-0.2, 0) is 0 Å². The van der Waals surface area contributed by atoms with E-state index >= 15 is 0 Å². The van der Waals surface area contributed by atoms with Crippen molar-refractivity contribution in [1.82, 2.24) is 15.0 Å². The monoisotopic (exact) mass is 171 g/mol. The largest absolute Gasteiger partial charge is 0.330 e. The molecule has 0 aliphatic rings. The van der Waals surface area contributed by atoms with Gasteiger partial charge in [0, 0.05) is 0 Å². The van der Waals surface area contributed by atoms with Crippen LogP contribution in [0.5, 0.6) is 0 Å². The smallest absolute Gasteiger partial charge is 0.259 e. The second kappa shape index (κ2) is 4.58. The SMILES string of the molecule is N=C=N.O=c1[nH]c(=O)[nH]c(=O)[nH]1. The van der Waals surface area contributed by atoms with Gasteiger partial charge in [-0.25, -0.2) is 25.2 Å². The first-order valence-corrected chi connectivity index (χ1v) is 2.61. The minimum Gasteiger partial charge on any atom is -0.259 e. The number of aromatic nitrogens is 3. The molecule has 0 bridgehead atoms. The molecule has 5 N–H and O–H groups in total. The van der Waals surface area contributed by atoms with Crippen LogP contribution in [0.4, 0.5) is 0 Å². The van der Waals surface area contributed by atoms with Gasteiger partial charge in [0.05, 0.1) is 6.01 Å². The van der Waals surface area contributed by atoms with Crippen LogP contribution in [0.1, 0.15) is 0 Å². The molecule has 12 heavy (non-hydrogen) atoms. The summed E-state index contributed by atoms with van der Waals surface area (Å²) >= 11 is 0. The van der Waals surface area contributed by atoms with Gasteiger partial charge in [0.1, 0.15) is 0 Å². The van der Waals surface area contributed by atoms with E-state index in [1.807, 2.05) is 0 Å². The van der Waals surface area contributed by atoms with Gasteiger partial charge in [-0.05, 0) is 0 Å². The van der Waals surface area contributed by atoms with Gasteiger partial charge in [0.25, 0.3) is 0 Å². The normalized spacial score (nSPS) is 7.67. The number of nitrogens with one attached hydrogen (secondary N) is 5. The molecule has 0 saturated carbocycles. The molecule has 0 fully saturated rings. The molecule has 0 spiro atoms. The van der Waals surface area contributed by atoms with Crippen molar-refractivity contribution in [2.24, 2.45) is 0 Å². The van der Waals surface area contributed by atoms with Crippen molar-refractivity contribution in [2.75, 3.05) is 0 Å². The predicted molar refractivity (Wildman–Crippen MR) is 38.8 cm³/mol. The topological polar surface area (TPSA) is 146 Å². The highest BCUT2D eigenvalue weighted by atomic mass is 16.2. The Balaban J connectivity index is 0.000000354. The highest BCUT2D eigenvalue weighted by Gasteiger charge is 1.84. The van der Waals surface area contributed by atoms with E-state index in [1.54, 1.807) is 15.0 Å². The van der Waals surface area contributed by atoms with Crippen LogP contribution in [0.2, 0.25) is 0 Å². The zero-order valence-corrected chi connectivity index (χ0v) is 5.72. The molecule has 64 valence electrons. The molecular weight excluding hydrogens is 166 g/mol. The number of hydrogen-bond donors (Lipinski definition) is 5. The molecule has 0 aromatic carbocycles. The fraction of sp³-hybridized carbons (Fsp3) is 0. The Labute approximate surface area is 64.3 Å².